The number of benzene rings is 1. The number of nitrogens with two attached hydrogens (primary N) is 1. The Morgan fingerprint density at radius 1 is 1.46 bits per heavy atom. The number of ether oxygens (including phenoxy) is 1. The second kappa shape index (κ2) is 4.82. The molecule has 0 aliphatic carbocycles. The molecule has 0 saturated heterocycles. The Morgan fingerprint density at radius 3 is 2.77 bits per heavy atom. The molecule has 1 aromatic carbocycles. The summed E-state index contributed by atoms with van der Waals surface area (Å²) in [5, 5.41) is 0. The lowest BCUT2D eigenvalue weighted by molar-refractivity contribution is 0.204. The van der Waals surface area contributed by atoms with Gasteiger partial charge in [0, 0.05) is 0 Å². The average Bonchev–Trinajstić information content (AvgIpc) is 2.09. The first kappa shape index (κ1) is 9.99. The van der Waals surface area contributed by atoms with Crippen LogP contribution in [0.15, 0.2) is 24.3 Å². The Balaban J connectivity index is 2.58. The Hall–Kier alpha value is -1.09. The van der Waals surface area contributed by atoms with Crippen LogP contribution in [0.5, 0.6) is 5.75 Å². The number of halogens is 1. The third kappa shape index (κ3) is 3.03. The van der Waals surface area contributed by atoms with E-state index in [0.717, 1.165) is 6.42 Å². The zero-order chi connectivity index (χ0) is 9.68. The van der Waals surface area contributed by atoms with Gasteiger partial charge in [-0.05, 0) is 32.0 Å². The predicted octanol–water partition coefficient (Wildman–Crippen LogP) is 1.94. The van der Waals surface area contributed by atoms with Crippen LogP contribution in [0.4, 0.5) is 4.39 Å². The van der Waals surface area contributed by atoms with Crippen LogP contribution in [0.1, 0.15) is 13.3 Å². The van der Waals surface area contributed by atoms with Crippen molar-refractivity contribution in [1.82, 2.24) is 0 Å². The second-order valence-electron chi connectivity index (χ2n) is 2.94. The minimum absolute atomic E-state index is 0.0399. The van der Waals surface area contributed by atoms with E-state index >= 15 is 0 Å². The fraction of sp³-hybridized carbons (Fsp3) is 0.400. The van der Waals surface area contributed by atoms with Gasteiger partial charge in [-0.25, -0.2) is 4.39 Å². The van der Waals surface area contributed by atoms with Crippen LogP contribution in [-0.4, -0.2) is 12.6 Å². The first-order chi connectivity index (χ1) is 6.24. The van der Waals surface area contributed by atoms with Crippen LogP contribution >= 0.6 is 0 Å². The summed E-state index contributed by atoms with van der Waals surface area (Å²) in [6.07, 6.45) is 0.691. The van der Waals surface area contributed by atoms with Crippen molar-refractivity contribution in [3.05, 3.63) is 30.1 Å². The summed E-state index contributed by atoms with van der Waals surface area (Å²) in [6.45, 7) is 2.43. The molecule has 3 heteroatoms. The maximum absolute atomic E-state index is 13.0. The third-order valence-electron chi connectivity index (χ3n) is 1.74. The summed E-state index contributed by atoms with van der Waals surface area (Å²) in [7, 11) is 0. The number of hydrogen-bond acceptors (Lipinski definition) is 2. The molecule has 72 valence electrons. The highest BCUT2D eigenvalue weighted by Crippen LogP contribution is 2.17. The van der Waals surface area contributed by atoms with Crippen molar-refractivity contribution in [2.75, 3.05) is 6.54 Å². The van der Waals surface area contributed by atoms with Crippen molar-refractivity contribution in [3.63, 3.8) is 0 Å². The quantitative estimate of drug-likeness (QED) is 0.774. The molecule has 1 rings (SSSR count). The van der Waals surface area contributed by atoms with E-state index in [9.17, 15) is 4.39 Å². The van der Waals surface area contributed by atoms with E-state index in [2.05, 4.69) is 0 Å². The molecule has 0 aromatic heterocycles. The molecule has 1 unspecified atom stereocenters. The maximum atomic E-state index is 13.0. The van der Waals surface area contributed by atoms with Gasteiger partial charge in [-0.15, -0.1) is 0 Å². The minimum Gasteiger partial charge on any atom is -0.488 e. The number of rotatable bonds is 4. The van der Waals surface area contributed by atoms with Gasteiger partial charge in [-0.2, -0.15) is 0 Å². The van der Waals surface area contributed by atoms with Crippen LogP contribution in [-0.2, 0) is 0 Å². The molecule has 0 aliphatic rings. The molecule has 0 spiro atoms. The lowest BCUT2D eigenvalue weighted by Crippen LogP contribution is -2.17. The van der Waals surface area contributed by atoms with Crippen molar-refractivity contribution in [1.29, 1.82) is 0 Å². The lowest BCUT2D eigenvalue weighted by Gasteiger charge is -2.13. The van der Waals surface area contributed by atoms with Crippen molar-refractivity contribution in [2.45, 2.75) is 19.4 Å². The van der Waals surface area contributed by atoms with E-state index < -0.39 is 0 Å². The van der Waals surface area contributed by atoms with Crippen LogP contribution < -0.4 is 10.5 Å². The molecule has 0 amide bonds. The normalized spacial score (nSPS) is 12.5. The first-order valence-corrected chi connectivity index (χ1v) is 4.35. The highest BCUT2D eigenvalue weighted by molar-refractivity contribution is 5.23. The van der Waals surface area contributed by atoms with Gasteiger partial charge < -0.3 is 10.5 Å². The summed E-state index contributed by atoms with van der Waals surface area (Å²) in [5.41, 5.74) is 5.35. The van der Waals surface area contributed by atoms with Crippen LogP contribution in [0.3, 0.4) is 0 Å². The summed E-state index contributed by atoms with van der Waals surface area (Å²) in [4.78, 5) is 0. The number of hydrogen-bond donors (Lipinski definition) is 1. The van der Waals surface area contributed by atoms with Gasteiger partial charge in [-0.3, -0.25) is 0 Å². The molecular weight excluding hydrogens is 169 g/mol. The highest BCUT2D eigenvalue weighted by Gasteiger charge is 2.06. The van der Waals surface area contributed by atoms with Crippen LogP contribution in [0.2, 0.25) is 0 Å². The molecule has 13 heavy (non-hydrogen) atoms. The van der Waals surface area contributed by atoms with Crippen LogP contribution in [0, 0.1) is 5.82 Å². The minimum atomic E-state index is -0.327. The Morgan fingerprint density at radius 2 is 2.15 bits per heavy atom. The largest absolute Gasteiger partial charge is 0.488 e. The lowest BCUT2D eigenvalue weighted by atomic mass is 10.3. The summed E-state index contributed by atoms with van der Waals surface area (Å²) in [6, 6.07) is 6.37. The van der Waals surface area contributed by atoms with E-state index in [-0.39, 0.29) is 11.9 Å². The molecule has 0 radical (unpaired) electrons. The van der Waals surface area contributed by atoms with E-state index in [0.29, 0.717) is 12.3 Å². The Bertz CT molecular complexity index is 265. The van der Waals surface area contributed by atoms with Crippen molar-refractivity contribution < 1.29 is 9.13 Å². The zero-order valence-corrected chi connectivity index (χ0v) is 7.66. The monoisotopic (exact) mass is 183 g/mol. The summed E-state index contributed by atoms with van der Waals surface area (Å²) >= 11 is 0. The van der Waals surface area contributed by atoms with Gasteiger partial charge in [0.2, 0.25) is 0 Å². The molecule has 2 N–H and O–H groups in total. The molecule has 1 aromatic rings. The topological polar surface area (TPSA) is 35.2 Å². The summed E-state index contributed by atoms with van der Waals surface area (Å²) < 4.78 is 18.4. The van der Waals surface area contributed by atoms with Gasteiger partial charge >= 0.3 is 0 Å². The molecule has 0 fully saturated rings. The molecular formula is C10H14FNO. The molecule has 0 heterocycles. The molecule has 2 nitrogen and oxygen atoms in total. The van der Waals surface area contributed by atoms with Crippen molar-refractivity contribution in [2.24, 2.45) is 5.73 Å². The average molecular weight is 183 g/mol. The highest BCUT2D eigenvalue weighted by atomic mass is 19.1. The molecule has 0 aliphatic heterocycles. The van der Waals surface area contributed by atoms with Crippen molar-refractivity contribution in [3.8, 4) is 5.75 Å². The van der Waals surface area contributed by atoms with Gasteiger partial charge in [0.1, 0.15) is 0 Å². The predicted molar refractivity (Wildman–Crippen MR) is 50.2 cm³/mol. The fourth-order valence-electron chi connectivity index (χ4n) is 1.05. The molecule has 0 bridgehead atoms. The second-order valence-corrected chi connectivity index (χ2v) is 2.94. The number of para-hydroxylation sites is 1. The van der Waals surface area contributed by atoms with Crippen LogP contribution in [0.25, 0.3) is 0 Å². The fourth-order valence-corrected chi connectivity index (χ4v) is 1.05. The van der Waals surface area contributed by atoms with E-state index in [1.807, 2.05) is 6.92 Å². The Labute approximate surface area is 77.5 Å². The zero-order valence-electron chi connectivity index (χ0n) is 7.66. The summed E-state index contributed by atoms with van der Waals surface area (Å²) in [5.74, 6) is -0.0326. The van der Waals surface area contributed by atoms with E-state index in [1.54, 1.807) is 18.2 Å². The Kier molecular flexibility index (Phi) is 3.71. The van der Waals surface area contributed by atoms with E-state index in [1.165, 1.54) is 6.07 Å². The SMILES string of the molecule is CC(CCN)Oc1ccccc1F. The molecule has 0 saturated carbocycles. The van der Waals surface area contributed by atoms with E-state index in [4.69, 9.17) is 10.5 Å². The third-order valence-corrected chi connectivity index (χ3v) is 1.74. The van der Waals surface area contributed by atoms with Gasteiger partial charge in [0.25, 0.3) is 0 Å². The first-order valence-electron chi connectivity index (χ1n) is 4.35. The maximum Gasteiger partial charge on any atom is 0.165 e. The van der Waals surface area contributed by atoms with Gasteiger partial charge in [0.05, 0.1) is 6.10 Å². The molecule has 1 atom stereocenters. The van der Waals surface area contributed by atoms with Gasteiger partial charge in [-0.1, -0.05) is 12.1 Å². The van der Waals surface area contributed by atoms with Crippen molar-refractivity contribution >= 4 is 0 Å². The standard InChI is InChI=1S/C10H14FNO/c1-8(6-7-12)13-10-5-3-2-4-9(10)11/h2-5,8H,6-7,12H2,1H3. The van der Waals surface area contributed by atoms with Gasteiger partial charge in [0.15, 0.2) is 11.6 Å². The smallest absolute Gasteiger partial charge is 0.165 e.